The van der Waals surface area contributed by atoms with Gasteiger partial charge < -0.3 is 9.80 Å². The Morgan fingerprint density at radius 3 is 2.73 bits per heavy atom. The number of aliphatic imine (C=N–C) groups is 1. The first-order chi connectivity index (χ1) is 18.1. The van der Waals surface area contributed by atoms with E-state index in [9.17, 15) is 13.6 Å². The summed E-state index contributed by atoms with van der Waals surface area (Å²) in [5.74, 6) is -0.444. The topological polar surface area (TPSA) is 35.9 Å². The maximum atomic E-state index is 14.5. The third kappa shape index (κ3) is 4.79. The summed E-state index contributed by atoms with van der Waals surface area (Å²) in [7, 11) is 0. The lowest BCUT2D eigenvalue weighted by Gasteiger charge is -2.38. The van der Waals surface area contributed by atoms with E-state index >= 15 is 0 Å². The first-order valence-electron chi connectivity index (χ1n) is 13.6. The van der Waals surface area contributed by atoms with Crippen LogP contribution in [0.1, 0.15) is 61.7 Å². The normalized spacial score (nSPS) is 22.5. The molecule has 0 atom stereocenters. The summed E-state index contributed by atoms with van der Waals surface area (Å²) in [5.41, 5.74) is 7.08. The van der Waals surface area contributed by atoms with E-state index in [0.717, 1.165) is 81.6 Å². The predicted molar refractivity (Wildman–Crippen MR) is 142 cm³/mol. The van der Waals surface area contributed by atoms with E-state index in [1.807, 2.05) is 11.1 Å². The number of fused-ring (bicyclic) bond motifs is 2. The average molecular weight is 502 g/mol. The molecule has 1 saturated heterocycles. The van der Waals surface area contributed by atoms with Crippen molar-refractivity contribution in [3.8, 4) is 0 Å². The fourth-order valence-electron chi connectivity index (χ4n) is 6.47. The van der Waals surface area contributed by atoms with Crippen LogP contribution in [0.4, 0.5) is 8.78 Å². The van der Waals surface area contributed by atoms with Gasteiger partial charge in [0.05, 0.1) is 11.3 Å². The highest BCUT2D eigenvalue weighted by molar-refractivity contribution is 6.08. The van der Waals surface area contributed by atoms with Gasteiger partial charge in [0.1, 0.15) is 11.6 Å². The van der Waals surface area contributed by atoms with Gasteiger partial charge >= 0.3 is 0 Å². The number of carbonyl (C=O) groups excluding carboxylic acids is 1. The van der Waals surface area contributed by atoms with Gasteiger partial charge in [-0.15, -0.1) is 0 Å². The molecule has 3 heterocycles. The molecular formula is C31H33F2N3O. The van der Waals surface area contributed by atoms with E-state index in [0.29, 0.717) is 18.9 Å². The van der Waals surface area contributed by atoms with Crippen LogP contribution in [0.3, 0.4) is 0 Å². The minimum atomic E-state index is -0.458. The maximum Gasteiger partial charge on any atom is 0.261 e. The van der Waals surface area contributed by atoms with Crippen LogP contribution in [0.15, 0.2) is 87.5 Å². The SMILES string of the molecule is O=C(c1ccccc1F)N1CCC2=CCCCC2=C1CCN1CCC(C2=CN=C3CC=C(F)C=C23)CC1. The molecule has 1 amide bonds. The zero-order valence-electron chi connectivity index (χ0n) is 21.2. The minimum Gasteiger partial charge on any atom is -0.311 e. The summed E-state index contributed by atoms with van der Waals surface area (Å²) in [6, 6.07) is 6.31. The summed E-state index contributed by atoms with van der Waals surface area (Å²) in [6.07, 6.45) is 14.9. The van der Waals surface area contributed by atoms with Crippen molar-refractivity contribution in [1.82, 2.24) is 9.80 Å². The molecule has 1 aromatic rings. The van der Waals surface area contributed by atoms with Gasteiger partial charge in [0, 0.05) is 43.4 Å². The predicted octanol–water partition coefficient (Wildman–Crippen LogP) is 6.66. The highest BCUT2D eigenvalue weighted by atomic mass is 19.1. The van der Waals surface area contributed by atoms with Crippen molar-refractivity contribution in [3.05, 3.63) is 93.9 Å². The van der Waals surface area contributed by atoms with Gasteiger partial charge in [-0.05, 0) is 98.5 Å². The van der Waals surface area contributed by atoms with Crippen molar-refractivity contribution in [2.75, 3.05) is 26.2 Å². The highest BCUT2D eigenvalue weighted by Gasteiger charge is 2.32. The van der Waals surface area contributed by atoms with Crippen LogP contribution < -0.4 is 0 Å². The molecule has 0 bridgehead atoms. The molecule has 1 aromatic carbocycles. The van der Waals surface area contributed by atoms with Crippen LogP contribution >= 0.6 is 0 Å². The molecule has 5 aliphatic rings. The standard InChI is InChI=1S/C31H33F2N3O/c32-23-9-10-29-26(19-23)27(20-34-29)22-11-15-35(16-12-22)17-14-30-24-6-2-1-5-21(24)13-18-36(30)31(37)25-7-3-4-8-28(25)33/h3-5,7-9,19-20,22H,1-2,6,10-18H2. The van der Waals surface area contributed by atoms with Gasteiger partial charge in [-0.2, -0.15) is 0 Å². The summed E-state index contributed by atoms with van der Waals surface area (Å²) >= 11 is 0. The fraction of sp³-hybridized carbons (Fsp3) is 0.419. The van der Waals surface area contributed by atoms with E-state index < -0.39 is 5.82 Å². The second-order valence-corrected chi connectivity index (χ2v) is 10.6. The Kier molecular flexibility index (Phi) is 6.76. The molecule has 0 radical (unpaired) electrons. The molecule has 6 rings (SSSR count). The third-order valence-corrected chi connectivity index (χ3v) is 8.48. The van der Waals surface area contributed by atoms with E-state index in [4.69, 9.17) is 0 Å². The van der Waals surface area contributed by atoms with Crippen LogP contribution in [-0.4, -0.2) is 47.6 Å². The number of allylic oxidation sites excluding steroid dienone is 7. The van der Waals surface area contributed by atoms with Crippen molar-refractivity contribution in [3.63, 3.8) is 0 Å². The number of nitrogens with zero attached hydrogens (tertiary/aromatic N) is 3. The molecule has 37 heavy (non-hydrogen) atoms. The summed E-state index contributed by atoms with van der Waals surface area (Å²) in [5, 5.41) is 0. The third-order valence-electron chi connectivity index (χ3n) is 8.48. The molecule has 6 heteroatoms. The lowest BCUT2D eigenvalue weighted by Crippen LogP contribution is -2.39. The molecule has 2 aliphatic carbocycles. The van der Waals surface area contributed by atoms with Crippen LogP contribution in [0, 0.1) is 11.7 Å². The zero-order valence-corrected chi connectivity index (χ0v) is 21.2. The zero-order chi connectivity index (χ0) is 25.4. The molecule has 1 fully saturated rings. The van der Waals surface area contributed by atoms with E-state index in [1.165, 1.54) is 22.8 Å². The van der Waals surface area contributed by atoms with Crippen molar-refractivity contribution < 1.29 is 13.6 Å². The number of benzene rings is 1. The largest absolute Gasteiger partial charge is 0.311 e. The molecule has 0 spiro atoms. The molecule has 0 N–H and O–H groups in total. The number of piperidine rings is 1. The number of halogens is 2. The van der Waals surface area contributed by atoms with E-state index in [2.05, 4.69) is 16.0 Å². The summed E-state index contributed by atoms with van der Waals surface area (Å²) in [4.78, 5) is 22.3. The Labute approximate surface area is 217 Å². The summed E-state index contributed by atoms with van der Waals surface area (Å²) in [6.45, 7) is 3.42. The quantitative estimate of drug-likeness (QED) is 0.452. The lowest BCUT2D eigenvalue weighted by atomic mass is 9.83. The van der Waals surface area contributed by atoms with E-state index in [-0.39, 0.29) is 17.3 Å². The molecule has 0 saturated carbocycles. The Bertz CT molecular complexity index is 1290. The van der Waals surface area contributed by atoms with Crippen LogP contribution in [0.5, 0.6) is 0 Å². The Morgan fingerprint density at radius 2 is 1.89 bits per heavy atom. The number of likely N-dealkylation sites (tertiary alicyclic amines) is 1. The average Bonchev–Trinajstić information content (AvgIpc) is 3.35. The smallest absolute Gasteiger partial charge is 0.261 e. The molecule has 0 unspecified atom stereocenters. The Balaban J connectivity index is 1.14. The number of rotatable bonds is 5. The second kappa shape index (κ2) is 10.3. The van der Waals surface area contributed by atoms with Gasteiger partial charge in [0.25, 0.3) is 5.91 Å². The minimum absolute atomic E-state index is 0.152. The van der Waals surface area contributed by atoms with Crippen molar-refractivity contribution in [2.45, 2.75) is 51.4 Å². The number of hydrogen-bond acceptors (Lipinski definition) is 3. The number of amides is 1. The highest BCUT2D eigenvalue weighted by Crippen LogP contribution is 2.39. The molecule has 0 aromatic heterocycles. The lowest BCUT2D eigenvalue weighted by molar-refractivity contribution is 0.0785. The first kappa shape index (κ1) is 24.2. The van der Waals surface area contributed by atoms with Crippen molar-refractivity contribution >= 4 is 11.6 Å². The van der Waals surface area contributed by atoms with Crippen LogP contribution in [-0.2, 0) is 0 Å². The second-order valence-electron chi connectivity index (χ2n) is 10.6. The van der Waals surface area contributed by atoms with Crippen LogP contribution in [0.25, 0.3) is 0 Å². The van der Waals surface area contributed by atoms with Gasteiger partial charge in [-0.1, -0.05) is 18.2 Å². The monoisotopic (exact) mass is 501 g/mol. The van der Waals surface area contributed by atoms with Gasteiger partial charge in [-0.3, -0.25) is 9.79 Å². The fourth-order valence-corrected chi connectivity index (χ4v) is 6.47. The number of carbonyl (C=O) groups is 1. The maximum absolute atomic E-state index is 14.5. The van der Waals surface area contributed by atoms with Crippen molar-refractivity contribution in [1.29, 1.82) is 0 Å². The Hall–Kier alpha value is -3.12. The van der Waals surface area contributed by atoms with E-state index in [1.54, 1.807) is 30.4 Å². The molecule has 192 valence electrons. The van der Waals surface area contributed by atoms with Gasteiger partial charge in [0.15, 0.2) is 0 Å². The summed E-state index contributed by atoms with van der Waals surface area (Å²) < 4.78 is 28.4. The van der Waals surface area contributed by atoms with Gasteiger partial charge in [0.2, 0.25) is 0 Å². The molecular weight excluding hydrogens is 468 g/mol. The van der Waals surface area contributed by atoms with Crippen molar-refractivity contribution in [2.24, 2.45) is 10.9 Å². The molecule has 4 nitrogen and oxygen atoms in total. The number of hydrogen-bond donors (Lipinski definition) is 0. The Morgan fingerprint density at radius 1 is 1.05 bits per heavy atom. The molecule has 3 aliphatic heterocycles. The first-order valence-corrected chi connectivity index (χ1v) is 13.6. The van der Waals surface area contributed by atoms with Gasteiger partial charge in [-0.25, -0.2) is 8.78 Å². The van der Waals surface area contributed by atoms with Crippen LogP contribution in [0.2, 0.25) is 0 Å².